The molecule has 1 N–H and O–H groups in total. The van der Waals surface area contributed by atoms with Gasteiger partial charge in [0, 0.05) is 39.3 Å². The van der Waals surface area contributed by atoms with Crippen LogP contribution in [0, 0.1) is 0 Å². The first-order valence-corrected chi connectivity index (χ1v) is 18.7. The number of hydrogen-bond acceptors (Lipinski definition) is 4. The summed E-state index contributed by atoms with van der Waals surface area (Å²) in [7, 11) is 0. The van der Waals surface area contributed by atoms with Gasteiger partial charge >= 0.3 is 6.09 Å². The van der Waals surface area contributed by atoms with E-state index in [0.717, 1.165) is 26.1 Å². The number of nitrogens with zero attached hydrogens (tertiary/aromatic N) is 4. The Morgan fingerprint density at radius 2 is 0.791 bits per heavy atom. The fraction of sp³-hybridized carbons (Fsp3) is 0.944. The van der Waals surface area contributed by atoms with E-state index in [-0.39, 0.29) is 5.91 Å². The van der Waals surface area contributed by atoms with Gasteiger partial charge in [0.05, 0.1) is 6.54 Å². The molecule has 0 unspecified atom stereocenters. The van der Waals surface area contributed by atoms with Crippen LogP contribution in [0.1, 0.15) is 156 Å². The van der Waals surface area contributed by atoms with E-state index in [0.29, 0.717) is 32.7 Å². The van der Waals surface area contributed by atoms with Gasteiger partial charge in [-0.15, -0.1) is 0 Å². The van der Waals surface area contributed by atoms with E-state index in [4.69, 9.17) is 0 Å². The van der Waals surface area contributed by atoms with Crippen molar-refractivity contribution < 1.29 is 14.7 Å². The van der Waals surface area contributed by atoms with Crippen molar-refractivity contribution in [3.8, 4) is 0 Å². The van der Waals surface area contributed by atoms with Crippen LogP contribution < -0.4 is 0 Å². The number of amides is 2. The summed E-state index contributed by atoms with van der Waals surface area (Å²) in [6, 6.07) is 0. The summed E-state index contributed by atoms with van der Waals surface area (Å²) in [6.45, 7) is 14.5. The maximum atomic E-state index is 13.3. The third kappa shape index (κ3) is 21.9. The molecule has 7 nitrogen and oxygen atoms in total. The highest BCUT2D eigenvalue weighted by atomic mass is 16.4. The highest BCUT2D eigenvalue weighted by Gasteiger charge is 2.25. The standard InChI is InChI=1S/C36H72N4O3/c1-4-7-10-13-16-19-22-25-37(26-23-20-17-14-11-8-5-2)28-29-38(27-24-21-18-15-12-9-6-3)34-35(41)39-30-32-40(33-31-39)36(42)43/h4-34H2,1-3H3,(H,42,43). The van der Waals surface area contributed by atoms with Gasteiger partial charge in [0.2, 0.25) is 5.91 Å². The molecular weight excluding hydrogens is 536 g/mol. The zero-order valence-electron chi connectivity index (χ0n) is 29.0. The molecular formula is C36H72N4O3. The highest BCUT2D eigenvalue weighted by Crippen LogP contribution is 2.12. The molecule has 0 bridgehead atoms. The molecule has 1 fully saturated rings. The Morgan fingerprint density at radius 1 is 0.465 bits per heavy atom. The number of piperazine rings is 1. The number of rotatable bonds is 29. The average Bonchev–Trinajstić information content (AvgIpc) is 3.01. The number of carbonyl (C=O) groups is 2. The van der Waals surface area contributed by atoms with Gasteiger partial charge in [-0.2, -0.15) is 0 Å². The van der Waals surface area contributed by atoms with Crippen molar-refractivity contribution in [1.82, 2.24) is 19.6 Å². The second-order valence-corrected chi connectivity index (χ2v) is 13.1. The maximum Gasteiger partial charge on any atom is 0.407 e. The molecule has 1 aliphatic rings. The lowest BCUT2D eigenvalue weighted by Gasteiger charge is -2.35. The summed E-state index contributed by atoms with van der Waals surface area (Å²) in [5.41, 5.74) is 0. The molecule has 1 heterocycles. The second-order valence-electron chi connectivity index (χ2n) is 13.1. The third-order valence-electron chi connectivity index (χ3n) is 9.23. The Bertz CT molecular complexity index is 636. The van der Waals surface area contributed by atoms with Crippen LogP contribution in [0.4, 0.5) is 4.79 Å². The Balaban J connectivity index is 2.62. The number of unbranched alkanes of at least 4 members (excludes halogenated alkanes) is 18. The predicted octanol–water partition coefficient (Wildman–Crippen LogP) is 8.66. The van der Waals surface area contributed by atoms with Gasteiger partial charge in [-0.3, -0.25) is 9.69 Å². The summed E-state index contributed by atoms with van der Waals surface area (Å²) in [6.07, 6.45) is 26.9. The zero-order valence-corrected chi connectivity index (χ0v) is 29.0. The molecule has 0 radical (unpaired) electrons. The van der Waals surface area contributed by atoms with E-state index in [1.165, 1.54) is 146 Å². The first-order valence-electron chi connectivity index (χ1n) is 18.7. The Hall–Kier alpha value is -1.34. The molecule has 0 aliphatic carbocycles. The summed E-state index contributed by atoms with van der Waals surface area (Å²) in [4.78, 5) is 33.0. The molecule has 1 saturated heterocycles. The van der Waals surface area contributed by atoms with Crippen molar-refractivity contribution in [2.24, 2.45) is 0 Å². The second kappa shape index (κ2) is 28.2. The zero-order chi connectivity index (χ0) is 31.4. The van der Waals surface area contributed by atoms with Crippen molar-refractivity contribution in [3.63, 3.8) is 0 Å². The van der Waals surface area contributed by atoms with Gasteiger partial charge in [-0.25, -0.2) is 4.79 Å². The van der Waals surface area contributed by atoms with Crippen molar-refractivity contribution in [2.45, 2.75) is 156 Å². The highest BCUT2D eigenvalue weighted by molar-refractivity contribution is 5.78. The monoisotopic (exact) mass is 609 g/mol. The largest absolute Gasteiger partial charge is 0.465 e. The number of carbonyl (C=O) groups excluding carboxylic acids is 1. The van der Waals surface area contributed by atoms with Crippen molar-refractivity contribution >= 4 is 12.0 Å². The molecule has 0 atom stereocenters. The van der Waals surface area contributed by atoms with E-state index in [2.05, 4.69) is 30.6 Å². The minimum Gasteiger partial charge on any atom is -0.465 e. The van der Waals surface area contributed by atoms with Crippen LogP contribution >= 0.6 is 0 Å². The predicted molar refractivity (Wildman–Crippen MR) is 183 cm³/mol. The van der Waals surface area contributed by atoms with Crippen molar-refractivity contribution in [2.75, 3.05) is 65.4 Å². The van der Waals surface area contributed by atoms with Gasteiger partial charge in [-0.1, -0.05) is 136 Å². The fourth-order valence-corrected chi connectivity index (χ4v) is 6.20. The first-order chi connectivity index (χ1) is 21.0. The quantitative estimate of drug-likeness (QED) is 0.0861. The number of carboxylic acid groups (broad SMARTS) is 1. The minimum atomic E-state index is -0.880. The van der Waals surface area contributed by atoms with Crippen LogP contribution in [0.15, 0.2) is 0 Å². The van der Waals surface area contributed by atoms with Gasteiger partial charge in [-0.05, 0) is 38.9 Å². The summed E-state index contributed by atoms with van der Waals surface area (Å²) in [5.74, 6) is 0.165. The van der Waals surface area contributed by atoms with E-state index < -0.39 is 6.09 Å². The average molecular weight is 609 g/mol. The molecule has 43 heavy (non-hydrogen) atoms. The maximum absolute atomic E-state index is 13.3. The van der Waals surface area contributed by atoms with E-state index in [9.17, 15) is 14.7 Å². The molecule has 1 rings (SSSR count). The summed E-state index contributed by atoms with van der Waals surface area (Å²) in [5, 5.41) is 9.28. The Labute approximate surface area is 267 Å². The van der Waals surface area contributed by atoms with Crippen LogP contribution in [-0.2, 0) is 4.79 Å². The van der Waals surface area contributed by atoms with Crippen LogP contribution in [-0.4, -0.2) is 102 Å². The molecule has 0 spiro atoms. The molecule has 2 amide bonds. The lowest BCUT2D eigenvalue weighted by atomic mass is 10.1. The third-order valence-corrected chi connectivity index (χ3v) is 9.23. The first kappa shape index (κ1) is 39.7. The lowest BCUT2D eigenvalue weighted by Crippen LogP contribution is -2.52. The van der Waals surface area contributed by atoms with Crippen molar-refractivity contribution in [3.05, 3.63) is 0 Å². The van der Waals surface area contributed by atoms with Crippen LogP contribution in [0.5, 0.6) is 0 Å². The Morgan fingerprint density at radius 3 is 1.19 bits per heavy atom. The Kier molecular flexibility index (Phi) is 26.0. The van der Waals surface area contributed by atoms with E-state index >= 15 is 0 Å². The van der Waals surface area contributed by atoms with Crippen molar-refractivity contribution in [1.29, 1.82) is 0 Å². The summed E-state index contributed by atoms with van der Waals surface area (Å²) >= 11 is 0. The van der Waals surface area contributed by atoms with Gasteiger partial charge in [0.15, 0.2) is 0 Å². The molecule has 7 heteroatoms. The normalized spacial score (nSPS) is 13.9. The molecule has 1 aliphatic heterocycles. The molecule has 0 aromatic rings. The van der Waals surface area contributed by atoms with Gasteiger partial charge < -0.3 is 19.8 Å². The fourth-order valence-electron chi connectivity index (χ4n) is 6.20. The van der Waals surface area contributed by atoms with Crippen LogP contribution in [0.25, 0.3) is 0 Å². The molecule has 0 aromatic heterocycles. The lowest BCUT2D eigenvalue weighted by molar-refractivity contribution is -0.134. The van der Waals surface area contributed by atoms with E-state index in [1.54, 1.807) is 0 Å². The minimum absolute atomic E-state index is 0.165. The smallest absolute Gasteiger partial charge is 0.407 e. The van der Waals surface area contributed by atoms with E-state index in [1.807, 2.05) is 4.90 Å². The SMILES string of the molecule is CCCCCCCCCN(CCCCCCCCC)CCN(CCCCCCCCC)CC(=O)N1CCN(C(=O)O)CC1. The topological polar surface area (TPSA) is 67.3 Å². The van der Waals surface area contributed by atoms with Gasteiger partial charge in [0.25, 0.3) is 0 Å². The molecule has 254 valence electrons. The van der Waals surface area contributed by atoms with Gasteiger partial charge in [0.1, 0.15) is 0 Å². The van der Waals surface area contributed by atoms with Crippen LogP contribution in [0.3, 0.4) is 0 Å². The number of hydrogen-bond donors (Lipinski definition) is 1. The van der Waals surface area contributed by atoms with Crippen LogP contribution in [0.2, 0.25) is 0 Å². The molecule has 0 aromatic carbocycles. The summed E-state index contributed by atoms with van der Waals surface area (Å²) < 4.78 is 0. The molecule has 0 saturated carbocycles.